The lowest BCUT2D eigenvalue weighted by Gasteiger charge is -2.48. The van der Waals surface area contributed by atoms with Gasteiger partial charge in [-0.25, -0.2) is 8.78 Å². The number of fused-ring (bicyclic) bond motifs is 2. The summed E-state index contributed by atoms with van der Waals surface area (Å²) < 4.78 is 27.6. The smallest absolute Gasteiger partial charge is 0.317 e. The monoisotopic (exact) mass is 241 g/mol. The Bertz CT molecular complexity index is 263. The Morgan fingerprint density at radius 1 is 1.47 bits per heavy atom. The first kappa shape index (κ1) is 12.6. The van der Waals surface area contributed by atoms with Crippen molar-refractivity contribution in [2.75, 3.05) is 13.1 Å². The van der Waals surface area contributed by atoms with Crippen LogP contribution in [-0.4, -0.2) is 30.1 Å². The van der Waals surface area contributed by atoms with Gasteiger partial charge in [0.05, 0.1) is 0 Å². The van der Waals surface area contributed by atoms with Gasteiger partial charge < -0.3 is 10.4 Å². The van der Waals surface area contributed by atoms with Crippen molar-refractivity contribution in [3.8, 4) is 0 Å². The fraction of sp³-hybridized carbons (Fsp3) is 0.889. The SMILES string of the molecule is Cl.O=C(O)C12CCCC(CNC1)C2(F)F. The van der Waals surface area contributed by atoms with Crippen molar-refractivity contribution in [1.82, 2.24) is 5.32 Å². The van der Waals surface area contributed by atoms with Gasteiger partial charge in [0.2, 0.25) is 0 Å². The van der Waals surface area contributed by atoms with Crippen molar-refractivity contribution in [1.29, 1.82) is 0 Å². The summed E-state index contributed by atoms with van der Waals surface area (Å²) in [5.74, 6) is -5.22. The highest BCUT2D eigenvalue weighted by Crippen LogP contribution is 2.52. The summed E-state index contributed by atoms with van der Waals surface area (Å²) in [5, 5.41) is 11.8. The molecule has 0 aromatic rings. The van der Waals surface area contributed by atoms with E-state index in [0.29, 0.717) is 12.8 Å². The standard InChI is InChI=1S/C9H13F2NO2.ClH/c10-9(11)6-2-1-3-8(9,7(13)14)5-12-4-6;/h6,12H,1-5H2,(H,13,14);1H. The van der Waals surface area contributed by atoms with E-state index in [4.69, 9.17) is 5.11 Å². The predicted molar refractivity (Wildman–Crippen MR) is 52.5 cm³/mol. The molecule has 88 valence electrons. The topological polar surface area (TPSA) is 49.3 Å². The Kier molecular flexibility index (Phi) is 3.26. The molecule has 1 saturated carbocycles. The van der Waals surface area contributed by atoms with Crippen LogP contribution in [0.25, 0.3) is 0 Å². The molecule has 0 radical (unpaired) electrons. The summed E-state index contributed by atoms with van der Waals surface area (Å²) in [7, 11) is 0. The number of hydrogen-bond acceptors (Lipinski definition) is 2. The van der Waals surface area contributed by atoms with E-state index in [-0.39, 0.29) is 31.9 Å². The Morgan fingerprint density at radius 3 is 2.67 bits per heavy atom. The Labute approximate surface area is 92.6 Å². The molecule has 2 atom stereocenters. The summed E-state index contributed by atoms with van der Waals surface area (Å²) in [5.41, 5.74) is -1.85. The van der Waals surface area contributed by atoms with Crippen LogP contribution in [0.4, 0.5) is 8.78 Å². The van der Waals surface area contributed by atoms with Crippen LogP contribution in [0.15, 0.2) is 0 Å². The van der Waals surface area contributed by atoms with E-state index in [9.17, 15) is 13.6 Å². The number of carboxylic acid groups (broad SMARTS) is 1. The van der Waals surface area contributed by atoms with Crippen LogP contribution in [0, 0.1) is 11.3 Å². The third kappa shape index (κ3) is 1.52. The van der Waals surface area contributed by atoms with Gasteiger partial charge in [0, 0.05) is 19.0 Å². The van der Waals surface area contributed by atoms with Crippen molar-refractivity contribution in [3.63, 3.8) is 0 Å². The quantitative estimate of drug-likeness (QED) is 0.732. The number of piperidine rings is 1. The summed E-state index contributed by atoms with van der Waals surface area (Å²) in [6.45, 7) is 0.133. The minimum Gasteiger partial charge on any atom is -0.481 e. The van der Waals surface area contributed by atoms with E-state index >= 15 is 0 Å². The summed E-state index contributed by atoms with van der Waals surface area (Å²) >= 11 is 0. The Morgan fingerprint density at radius 2 is 2.13 bits per heavy atom. The van der Waals surface area contributed by atoms with Gasteiger partial charge in [-0.3, -0.25) is 4.79 Å². The molecule has 1 aliphatic heterocycles. The molecule has 0 aromatic carbocycles. The fourth-order valence-corrected chi connectivity index (χ4v) is 2.61. The molecule has 2 bridgehead atoms. The zero-order chi connectivity index (χ0) is 10.4. The van der Waals surface area contributed by atoms with Crippen molar-refractivity contribution in [3.05, 3.63) is 0 Å². The molecule has 2 N–H and O–H groups in total. The highest BCUT2D eigenvalue weighted by atomic mass is 35.5. The van der Waals surface area contributed by atoms with Gasteiger partial charge in [-0.15, -0.1) is 12.4 Å². The second-order valence-corrected chi connectivity index (χ2v) is 4.23. The van der Waals surface area contributed by atoms with Gasteiger partial charge in [-0.1, -0.05) is 6.42 Å². The maximum absolute atomic E-state index is 13.8. The lowest BCUT2D eigenvalue weighted by Crippen LogP contribution is -2.65. The van der Waals surface area contributed by atoms with Gasteiger partial charge in [0.15, 0.2) is 0 Å². The van der Waals surface area contributed by atoms with Crippen LogP contribution >= 0.6 is 12.4 Å². The van der Waals surface area contributed by atoms with Gasteiger partial charge >= 0.3 is 5.97 Å². The number of alkyl halides is 2. The number of rotatable bonds is 1. The average molecular weight is 242 g/mol. The number of hydrogen-bond donors (Lipinski definition) is 2. The van der Waals surface area contributed by atoms with Crippen molar-refractivity contribution in [2.24, 2.45) is 11.3 Å². The average Bonchev–Trinajstić information content (AvgIpc) is 2.00. The first-order valence-corrected chi connectivity index (χ1v) is 4.83. The molecule has 3 nitrogen and oxygen atoms in total. The van der Waals surface area contributed by atoms with Crippen LogP contribution in [-0.2, 0) is 4.79 Å². The second kappa shape index (κ2) is 3.87. The van der Waals surface area contributed by atoms with E-state index in [1.54, 1.807) is 0 Å². The van der Waals surface area contributed by atoms with Crippen molar-refractivity contribution in [2.45, 2.75) is 25.2 Å². The van der Waals surface area contributed by atoms with Gasteiger partial charge in [0.25, 0.3) is 5.92 Å². The predicted octanol–water partition coefficient (Wildman–Crippen LogP) is 1.52. The second-order valence-electron chi connectivity index (χ2n) is 4.23. The molecule has 1 saturated heterocycles. The Balaban J connectivity index is 0.00000112. The zero-order valence-electron chi connectivity index (χ0n) is 8.13. The summed E-state index contributed by atoms with van der Waals surface area (Å²) in [6.07, 6.45) is 1.10. The molecule has 1 heterocycles. The largest absolute Gasteiger partial charge is 0.481 e. The molecule has 0 spiro atoms. The highest BCUT2D eigenvalue weighted by Gasteiger charge is 2.66. The number of carboxylic acids is 1. The van der Waals surface area contributed by atoms with Crippen molar-refractivity contribution >= 4 is 18.4 Å². The number of aliphatic carboxylic acids is 1. The normalized spacial score (nSPS) is 37.9. The van der Waals surface area contributed by atoms with Crippen LogP contribution in [0.3, 0.4) is 0 Å². The lowest BCUT2D eigenvalue weighted by molar-refractivity contribution is -0.216. The zero-order valence-corrected chi connectivity index (χ0v) is 8.95. The molecule has 6 heteroatoms. The van der Waals surface area contributed by atoms with Crippen molar-refractivity contribution < 1.29 is 18.7 Å². The van der Waals surface area contributed by atoms with Gasteiger partial charge in [0.1, 0.15) is 5.41 Å². The maximum Gasteiger partial charge on any atom is 0.317 e. The van der Waals surface area contributed by atoms with Gasteiger partial charge in [-0.2, -0.15) is 0 Å². The number of carbonyl (C=O) groups is 1. The van der Waals surface area contributed by atoms with E-state index in [2.05, 4.69) is 5.32 Å². The Hall–Kier alpha value is -0.420. The minimum atomic E-state index is -3.05. The third-order valence-electron chi connectivity index (χ3n) is 3.53. The molecule has 2 rings (SSSR count). The summed E-state index contributed by atoms with van der Waals surface area (Å²) in [4.78, 5) is 11.0. The van der Waals surface area contributed by atoms with E-state index in [0.717, 1.165) is 0 Å². The van der Waals surface area contributed by atoms with Gasteiger partial charge in [-0.05, 0) is 12.8 Å². The minimum absolute atomic E-state index is 0. The van der Waals surface area contributed by atoms with Crippen LogP contribution in [0.5, 0.6) is 0 Å². The first-order valence-electron chi connectivity index (χ1n) is 4.83. The molecule has 0 amide bonds. The van der Waals surface area contributed by atoms with Crippen LogP contribution < -0.4 is 5.32 Å². The number of nitrogens with one attached hydrogen (secondary N) is 1. The molecule has 15 heavy (non-hydrogen) atoms. The molecular weight excluding hydrogens is 228 g/mol. The molecule has 1 aliphatic carbocycles. The van der Waals surface area contributed by atoms with Crippen LogP contribution in [0.1, 0.15) is 19.3 Å². The van der Waals surface area contributed by atoms with E-state index in [1.807, 2.05) is 0 Å². The molecular formula is C9H14ClF2NO2. The third-order valence-corrected chi connectivity index (χ3v) is 3.53. The lowest BCUT2D eigenvalue weighted by atomic mass is 9.64. The first-order chi connectivity index (χ1) is 6.51. The molecule has 2 aliphatic rings. The number of halogens is 3. The fourth-order valence-electron chi connectivity index (χ4n) is 2.61. The van der Waals surface area contributed by atoms with Crippen LogP contribution in [0.2, 0.25) is 0 Å². The molecule has 0 aromatic heterocycles. The highest BCUT2D eigenvalue weighted by molar-refractivity contribution is 5.85. The molecule has 2 fully saturated rings. The van der Waals surface area contributed by atoms with E-state index in [1.165, 1.54) is 0 Å². The molecule has 2 unspecified atom stereocenters. The maximum atomic E-state index is 13.8. The summed E-state index contributed by atoms with van der Waals surface area (Å²) in [6, 6.07) is 0. The van der Waals surface area contributed by atoms with E-state index < -0.39 is 23.2 Å².